The fourth-order valence-electron chi connectivity index (χ4n) is 1.59. The van der Waals surface area contributed by atoms with Crippen LogP contribution in [0.3, 0.4) is 0 Å². The molecule has 1 aromatic carbocycles. The summed E-state index contributed by atoms with van der Waals surface area (Å²) in [5.74, 6) is 0. The summed E-state index contributed by atoms with van der Waals surface area (Å²) in [5.41, 5.74) is 1.01. The summed E-state index contributed by atoms with van der Waals surface area (Å²) < 4.78 is 5.52. The predicted octanol–water partition coefficient (Wildman–Crippen LogP) is 2.49. The molecule has 0 radical (unpaired) electrons. The molecule has 0 unspecified atom stereocenters. The highest BCUT2D eigenvalue weighted by Gasteiger charge is 2.51. The average molecular weight is 160 g/mol. The van der Waals surface area contributed by atoms with Crippen LogP contribution in [0.2, 0.25) is 0 Å². The molecule has 0 amide bonds. The smallest absolute Gasteiger partial charge is 0.137 e. The molecule has 1 saturated heterocycles. The maximum Gasteiger partial charge on any atom is 0.137 e. The molecule has 62 valence electrons. The topological polar surface area (TPSA) is 12.5 Å². The van der Waals surface area contributed by atoms with Gasteiger partial charge < -0.3 is 4.74 Å². The Morgan fingerprint density at radius 2 is 2.00 bits per heavy atom. The summed E-state index contributed by atoms with van der Waals surface area (Å²) in [6.45, 7) is 5.86. The number of benzene rings is 1. The zero-order valence-corrected chi connectivity index (χ0v) is 7.16. The standard InChI is InChI=1S/C11H12O/c1-3-11(9(2)12-11)10-7-5-4-6-8-10/h3-9H,1H2,2H3/t9-,11-/m1/s1. The van der Waals surface area contributed by atoms with Crippen molar-refractivity contribution in [2.24, 2.45) is 0 Å². The van der Waals surface area contributed by atoms with Crippen LogP contribution in [-0.4, -0.2) is 6.10 Å². The first-order valence-electron chi connectivity index (χ1n) is 4.16. The monoisotopic (exact) mass is 160 g/mol. The second-order valence-corrected chi connectivity index (χ2v) is 3.12. The van der Waals surface area contributed by atoms with Gasteiger partial charge in [0.25, 0.3) is 0 Å². The molecule has 0 saturated carbocycles. The van der Waals surface area contributed by atoms with E-state index in [1.165, 1.54) is 5.56 Å². The number of rotatable bonds is 2. The Balaban J connectivity index is 2.37. The van der Waals surface area contributed by atoms with E-state index in [0.29, 0.717) is 0 Å². The van der Waals surface area contributed by atoms with Crippen LogP contribution >= 0.6 is 0 Å². The van der Waals surface area contributed by atoms with Crippen molar-refractivity contribution in [3.8, 4) is 0 Å². The third kappa shape index (κ3) is 0.901. The third-order valence-electron chi connectivity index (χ3n) is 2.45. The van der Waals surface area contributed by atoms with Gasteiger partial charge in [-0.1, -0.05) is 43.0 Å². The normalized spacial score (nSPS) is 32.9. The lowest BCUT2D eigenvalue weighted by Gasteiger charge is -2.05. The Bertz CT molecular complexity index is 291. The van der Waals surface area contributed by atoms with E-state index in [4.69, 9.17) is 4.74 Å². The van der Waals surface area contributed by atoms with E-state index in [1.807, 2.05) is 24.3 Å². The summed E-state index contributed by atoms with van der Waals surface area (Å²) in [7, 11) is 0. The lowest BCUT2D eigenvalue weighted by Crippen LogP contribution is -2.06. The molecule has 2 rings (SSSR count). The van der Waals surface area contributed by atoms with Crippen LogP contribution in [0.25, 0.3) is 0 Å². The van der Waals surface area contributed by atoms with Crippen molar-refractivity contribution >= 4 is 0 Å². The van der Waals surface area contributed by atoms with Crippen LogP contribution in [0.4, 0.5) is 0 Å². The molecule has 0 spiro atoms. The highest BCUT2D eigenvalue weighted by molar-refractivity contribution is 5.33. The van der Waals surface area contributed by atoms with Gasteiger partial charge in [-0.15, -0.1) is 0 Å². The van der Waals surface area contributed by atoms with Crippen LogP contribution in [0.5, 0.6) is 0 Å². The average Bonchev–Trinajstić information content (AvgIpc) is 2.80. The van der Waals surface area contributed by atoms with Gasteiger partial charge in [-0.3, -0.25) is 0 Å². The molecule has 1 nitrogen and oxygen atoms in total. The Morgan fingerprint density at radius 3 is 2.42 bits per heavy atom. The molecule has 1 heterocycles. The third-order valence-corrected chi connectivity index (χ3v) is 2.45. The largest absolute Gasteiger partial charge is 0.357 e. The van der Waals surface area contributed by atoms with Crippen molar-refractivity contribution in [1.82, 2.24) is 0 Å². The van der Waals surface area contributed by atoms with E-state index in [9.17, 15) is 0 Å². The lowest BCUT2D eigenvalue weighted by molar-refractivity contribution is 0.339. The molecule has 1 heteroatoms. The first-order chi connectivity index (χ1) is 5.79. The van der Waals surface area contributed by atoms with Gasteiger partial charge in [0.15, 0.2) is 0 Å². The van der Waals surface area contributed by atoms with E-state index >= 15 is 0 Å². The predicted molar refractivity (Wildman–Crippen MR) is 48.9 cm³/mol. The van der Waals surface area contributed by atoms with E-state index in [1.54, 1.807) is 0 Å². The van der Waals surface area contributed by atoms with Crippen molar-refractivity contribution in [3.63, 3.8) is 0 Å². The molecule has 1 aromatic rings. The second kappa shape index (κ2) is 2.46. The quantitative estimate of drug-likeness (QED) is 0.478. The number of ether oxygens (including phenoxy) is 1. The highest BCUT2D eigenvalue weighted by atomic mass is 16.6. The molecule has 0 aliphatic carbocycles. The Labute approximate surface area is 72.7 Å². The molecular formula is C11H12O. The molecule has 0 aromatic heterocycles. The Hall–Kier alpha value is -1.08. The van der Waals surface area contributed by atoms with E-state index in [2.05, 4.69) is 25.6 Å². The van der Waals surface area contributed by atoms with Gasteiger partial charge in [0.2, 0.25) is 0 Å². The summed E-state index contributed by atoms with van der Waals surface area (Å²) in [6.07, 6.45) is 2.16. The minimum absolute atomic E-state index is 0.193. The fourth-order valence-corrected chi connectivity index (χ4v) is 1.59. The first-order valence-corrected chi connectivity index (χ1v) is 4.16. The van der Waals surface area contributed by atoms with Crippen molar-refractivity contribution in [2.75, 3.05) is 0 Å². The van der Waals surface area contributed by atoms with Crippen LogP contribution in [0.1, 0.15) is 12.5 Å². The minimum Gasteiger partial charge on any atom is -0.357 e. The molecule has 1 fully saturated rings. The van der Waals surface area contributed by atoms with Gasteiger partial charge in [-0.2, -0.15) is 0 Å². The zero-order chi connectivity index (χ0) is 8.60. The summed E-state index contributed by atoms with van der Waals surface area (Å²) >= 11 is 0. The van der Waals surface area contributed by atoms with Crippen LogP contribution in [-0.2, 0) is 10.3 Å². The molecule has 1 aliphatic rings. The molecule has 2 atom stereocenters. The number of hydrogen-bond donors (Lipinski definition) is 0. The molecule has 0 bridgehead atoms. The van der Waals surface area contributed by atoms with Crippen molar-refractivity contribution < 1.29 is 4.74 Å². The zero-order valence-electron chi connectivity index (χ0n) is 7.16. The second-order valence-electron chi connectivity index (χ2n) is 3.12. The SMILES string of the molecule is C=C[C@@]1(c2ccccc2)O[C@@H]1C. The van der Waals surface area contributed by atoms with Crippen molar-refractivity contribution in [2.45, 2.75) is 18.6 Å². The highest BCUT2D eigenvalue weighted by Crippen LogP contribution is 2.46. The maximum atomic E-state index is 5.52. The van der Waals surface area contributed by atoms with Gasteiger partial charge in [0, 0.05) is 0 Å². The fraction of sp³-hybridized carbons (Fsp3) is 0.273. The molecule has 12 heavy (non-hydrogen) atoms. The molecule has 1 aliphatic heterocycles. The van der Waals surface area contributed by atoms with Gasteiger partial charge in [0.05, 0.1) is 6.10 Å². The number of hydrogen-bond acceptors (Lipinski definition) is 1. The van der Waals surface area contributed by atoms with Crippen molar-refractivity contribution in [1.29, 1.82) is 0 Å². The van der Waals surface area contributed by atoms with Crippen LogP contribution < -0.4 is 0 Å². The summed E-state index contributed by atoms with van der Waals surface area (Å²) in [6, 6.07) is 10.2. The van der Waals surface area contributed by atoms with Crippen molar-refractivity contribution in [3.05, 3.63) is 48.6 Å². The lowest BCUT2D eigenvalue weighted by atomic mass is 9.96. The molecular weight excluding hydrogens is 148 g/mol. The van der Waals surface area contributed by atoms with Gasteiger partial charge in [-0.05, 0) is 12.5 Å². The summed E-state index contributed by atoms with van der Waals surface area (Å²) in [5, 5.41) is 0. The number of epoxide rings is 1. The summed E-state index contributed by atoms with van der Waals surface area (Å²) in [4.78, 5) is 0. The van der Waals surface area contributed by atoms with E-state index in [0.717, 1.165) is 0 Å². The molecule has 0 N–H and O–H groups in total. The van der Waals surface area contributed by atoms with E-state index in [-0.39, 0.29) is 11.7 Å². The van der Waals surface area contributed by atoms with Gasteiger partial charge in [0.1, 0.15) is 5.60 Å². The Morgan fingerprint density at radius 1 is 1.42 bits per heavy atom. The van der Waals surface area contributed by atoms with E-state index < -0.39 is 0 Å². The van der Waals surface area contributed by atoms with Gasteiger partial charge >= 0.3 is 0 Å². The van der Waals surface area contributed by atoms with Gasteiger partial charge in [-0.25, -0.2) is 0 Å². The Kier molecular flexibility index (Phi) is 1.55. The van der Waals surface area contributed by atoms with Crippen LogP contribution in [0, 0.1) is 0 Å². The maximum absolute atomic E-state index is 5.52. The van der Waals surface area contributed by atoms with Crippen LogP contribution in [0.15, 0.2) is 43.0 Å². The first kappa shape index (κ1) is 7.56. The minimum atomic E-state index is -0.193.